The largest absolute Gasteiger partial charge is 0.454 e. The highest BCUT2D eigenvalue weighted by molar-refractivity contribution is 5.96. The number of rotatable bonds is 6. The van der Waals surface area contributed by atoms with E-state index < -0.39 is 5.97 Å². The number of benzene rings is 1. The zero-order valence-corrected chi connectivity index (χ0v) is 14.8. The van der Waals surface area contributed by atoms with Crippen LogP contribution in [0.5, 0.6) is 0 Å². The molecule has 2 rings (SSSR count). The van der Waals surface area contributed by atoms with Gasteiger partial charge >= 0.3 is 5.97 Å². The van der Waals surface area contributed by atoms with Gasteiger partial charge in [0.05, 0.1) is 0 Å². The van der Waals surface area contributed by atoms with E-state index in [0.717, 1.165) is 12.8 Å². The lowest BCUT2D eigenvalue weighted by atomic mass is 9.78. The minimum atomic E-state index is -0.635. The van der Waals surface area contributed by atoms with Crippen LogP contribution in [0.1, 0.15) is 43.5 Å². The molecule has 0 spiro atoms. The lowest BCUT2D eigenvalue weighted by Crippen LogP contribution is -2.45. The second-order valence-electron chi connectivity index (χ2n) is 6.65. The van der Waals surface area contributed by atoms with Crippen molar-refractivity contribution in [3.8, 4) is 0 Å². The fourth-order valence-electron chi connectivity index (χ4n) is 3.08. The molecule has 0 aromatic heterocycles. The average molecular weight is 346 g/mol. The van der Waals surface area contributed by atoms with Gasteiger partial charge in [-0.1, -0.05) is 44.9 Å². The summed E-state index contributed by atoms with van der Waals surface area (Å²) in [7, 11) is 0. The second kappa shape index (κ2) is 9.20. The molecule has 136 valence electrons. The van der Waals surface area contributed by atoms with Crippen LogP contribution in [0.25, 0.3) is 0 Å². The van der Waals surface area contributed by atoms with Crippen molar-refractivity contribution in [2.45, 2.75) is 39.2 Å². The van der Waals surface area contributed by atoms with Gasteiger partial charge in [-0.2, -0.15) is 0 Å². The molecular formula is C19H26N2O4. The third-order valence-electron chi connectivity index (χ3n) is 4.85. The first-order chi connectivity index (χ1) is 12.0. The number of carbonyl (C=O) groups is 3. The molecule has 1 fully saturated rings. The van der Waals surface area contributed by atoms with Gasteiger partial charge in [-0.15, -0.1) is 0 Å². The Labute approximate surface area is 148 Å². The normalized spacial score (nSPS) is 22.7. The maximum atomic E-state index is 12.0. The Bertz CT molecular complexity index is 603. The molecule has 6 heteroatoms. The number of amides is 2. The molecule has 0 bridgehead atoms. The zero-order valence-electron chi connectivity index (χ0n) is 14.8. The van der Waals surface area contributed by atoms with Gasteiger partial charge in [-0.3, -0.25) is 14.4 Å². The molecule has 2 amide bonds. The van der Waals surface area contributed by atoms with E-state index >= 15 is 0 Å². The fraction of sp³-hybridized carbons (Fsp3) is 0.526. The van der Waals surface area contributed by atoms with E-state index in [1.165, 1.54) is 6.42 Å². The standard InChI is InChI=1S/C19H26N2O4/c1-13-7-6-10-16(14(13)2)21-17(22)12-25-18(23)11-20-19(24)15-8-4-3-5-9-15/h3-5,8-9,13-14,16H,6-7,10-12H2,1-2H3,(H,20,24)(H,21,22). The summed E-state index contributed by atoms with van der Waals surface area (Å²) in [6.07, 6.45) is 3.24. The summed E-state index contributed by atoms with van der Waals surface area (Å²) < 4.78 is 4.93. The molecule has 3 unspecified atom stereocenters. The number of carbonyl (C=O) groups excluding carboxylic acids is 3. The highest BCUT2D eigenvalue weighted by Gasteiger charge is 2.28. The summed E-state index contributed by atoms with van der Waals surface area (Å²) in [5.74, 6) is -0.293. The topological polar surface area (TPSA) is 84.5 Å². The van der Waals surface area contributed by atoms with E-state index in [-0.39, 0.29) is 31.0 Å². The Kier molecular flexibility index (Phi) is 6.98. The highest BCUT2D eigenvalue weighted by atomic mass is 16.5. The monoisotopic (exact) mass is 346 g/mol. The molecule has 0 aliphatic heterocycles. The summed E-state index contributed by atoms with van der Waals surface area (Å²) in [6, 6.07) is 8.72. The minimum Gasteiger partial charge on any atom is -0.454 e. The average Bonchev–Trinajstić information content (AvgIpc) is 2.62. The molecular weight excluding hydrogens is 320 g/mol. The van der Waals surface area contributed by atoms with Crippen molar-refractivity contribution in [2.75, 3.05) is 13.2 Å². The zero-order chi connectivity index (χ0) is 18.2. The summed E-state index contributed by atoms with van der Waals surface area (Å²) >= 11 is 0. The molecule has 6 nitrogen and oxygen atoms in total. The van der Waals surface area contributed by atoms with Gasteiger partial charge in [0.25, 0.3) is 11.8 Å². The van der Waals surface area contributed by atoms with Crippen molar-refractivity contribution in [1.29, 1.82) is 0 Å². The number of hydrogen-bond donors (Lipinski definition) is 2. The van der Waals surface area contributed by atoms with Crippen molar-refractivity contribution >= 4 is 17.8 Å². The summed E-state index contributed by atoms with van der Waals surface area (Å²) in [4.78, 5) is 35.4. The van der Waals surface area contributed by atoms with Crippen LogP contribution in [0.4, 0.5) is 0 Å². The van der Waals surface area contributed by atoms with Crippen LogP contribution < -0.4 is 10.6 Å². The number of ether oxygens (including phenoxy) is 1. The first-order valence-electron chi connectivity index (χ1n) is 8.75. The first-order valence-corrected chi connectivity index (χ1v) is 8.75. The predicted octanol–water partition coefficient (Wildman–Crippen LogP) is 1.90. The summed E-state index contributed by atoms with van der Waals surface area (Å²) in [5.41, 5.74) is 0.466. The number of hydrogen-bond acceptors (Lipinski definition) is 4. The minimum absolute atomic E-state index is 0.132. The van der Waals surface area contributed by atoms with Crippen LogP contribution in [-0.2, 0) is 14.3 Å². The van der Waals surface area contributed by atoms with E-state index in [1.54, 1.807) is 30.3 Å². The smallest absolute Gasteiger partial charge is 0.325 e. The first kappa shape index (κ1) is 19.0. The Hall–Kier alpha value is -2.37. The second-order valence-corrected chi connectivity index (χ2v) is 6.65. The lowest BCUT2D eigenvalue weighted by Gasteiger charge is -2.34. The van der Waals surface area contributed by atoms with E-state index in [4.69, 9.17) is 4.74 Å². The van der Waals surface area contributed by atoms with Crippen LogP contribution in [-0.4, -0.2) is 37.0 Å². The van der Waals surface area contributed by atoms with Gasteiger partial charge in [0, 0.05) is 11.6 Å². The molecule has 0 heterocycles. The lowest BCUT2D eigenvalue weighted by molar-refractivity contribution is -0.147. The van der Waals surface area contributed by atoms with Gasteiger partial charge in [-0.25, -0.2) is 0 Å². The maximum absolute atomic E-state index is 12.0. The van der Waals surface area contributed by atoms with Crippen molar-refractivity contribution in [1.82, 2.24) is 10.6 Å². The Morgan fingerprint density at radius 3 is 2.56 bits per heavy atom. The Balaban J connectivity index is 1.67. The molecule has 1 aromatic rings. The van der Waals surface area contributed by atoms with Gasteiger partial charge < -0.3 is 15.4 Å². The van der Waals surface area contributed by atoms with E-state index in [1.807, 2.05) is 0 Å². The van der Waals surface area contributed by atoms with E-state index in [9.17, 15) is 14.4 Å². The molecule has 1 aliphatic rings. The molecule has 1 aromatic carbocycles. The Morgan fingerprint density at radius 2 is 1.84 bits per heavy atom. The SMILES string of the molecule is CC1CCCC(NC(=O)COC(=O)CNC(=O)c2ccccc2)C1C. The third kappa shape index (κ3) is 5.89. The molecule has 1 aliphatic carbocycles. The van der Waals surface area contributed by atoms with E-state index in [0.29, 0.717) is 17.4 Å². The quantitative estimate of drug-likeness (QED) is 0.771. The van der Waals surface area contributed by atoms with E-state index in [2.05, 4.69) is 24.5 Å². The van der Waals surface area contributed by atoms with Gasteiger partial charge in [-0.05, 0) is 30.4 Å². The molecule has 1 saturated carbocycles. The van der Waals surface area contributed by atoms with Crippen LogP contribution in [0.2, 0.25) is 0 Å². The highest BCUT2D eigenvalue weighted by Crippen LogP contribution is 2.29. The summed E-state index contributed by atoms with van der Waals surface area (Å²) in [6.45, 7) is 3.74. The molecule has 0 radical (unpaired) electrons. The summed E-state index contributed by atoms with van der Waals surface area (Å²) in [5, 5.41) is 5.41. The van der Waals surface area contributed by atoms with Crippen molar-refractivity contribution in [3.05, 3.63) is 35.9 Å². The van der Waals surface area contributed by atoms with Crippen LogP contribution in [0, 0.1) is 11.8 Å². The van der Waals surface area contributed by atoms with Crippen molar-refractivity contribution in [2.24, 2.45) is 11.8 Å². The maximum Gasteiger partial charge on any atom is 0.325 e. The number of esters is 1. The number of nitrogens with one attached hydrogen (secondary N) is 2. The van der Waals surface area contributed by atoms with Gasteiger partial charge in [0.15, 0.2) is 6.61 Å². The van der Waals surface area contributed by atoms with Gasteiger partial charge in [0.2, 0.25) is 0 Å². The molecule has 25 heavy (non-hydrogen) atoms. The fourth-order valence-corrected chi connectivity index (χ4v) is 3.08. The van der Waals surface area contributed by atoms with Crippen molar-refractivity contribution in [3.63, 3.8) is 0 Å². The Morgan fingerprint density at radius 1 is 1.12 bits per heavy atom. The third-order valence-corrected chi connectivity index (χ3v) is 4.85. The van der Waals surface area contributed by atoms with Crippen molar-refractivity contribution < 1.29 is 19.1 Å². The van der Waals surface area contributed by atoms with Gasteiger partial charge in [0.1, 0.15) is 6.54 Å². The van der Waals surface area contributed by atoms with Crippen LogP contribution in [0.3, 0.4) is 0 Å². The molecule has 3 atom stereocenters. The predicted molar refractivity (Wildman–Crippen MR) is 93.8 cm³/mol. The van der Waals surface area contributed by atoms with Crippen LogP contribution >= 0.6 is 0 Å². The molecule has 0 saturated heterocycles. The van der Waals surface area contributed by atoms with Crippen LogP contribution in [0.15, 0.2) is 30.3 Å². The molecule has 2 N–H and O–H groups in total.